The highest BCUT2D eigenvalue weighted by Gasteiger charge is 2.27. The molecule has 0 fully saturated rings. The number of amides is 1. The Morgan fingerprint density at radius 1 is 1.48 bits per heavy atom. The molecule has 10 heteroatoms. The van der Waals surface area contributed by atoms with Crippen LogP contribution in [0.25, 0.3) is 0 Å². The van der Waals surface area contributed by atoms with Gasteiger partial charge in [0.25, 0.3) is 0 Å². The zero-order valence-electron chi connectivity index (χ0n) is 10.9. The number of carbonyl (C=O) groups excluding carboxylic acids is 1. The van der Waals surface area contributed by atoms with Crippen LogP contribution >= 0.6 is 15.9 Å². The van der Waals surface area contributed by atoms with Crippen molar-refractivity contribution in [2.75, 3.05) is 7.11 Å². The van der Waals surface area contributed by atoms with Crippen molar-refractivity contribution >= 4 is 37.8 Å². The third kappa shape index (κ3) is 4.69. The van der Waals surface area contributed by atoms with E-state index in [0.29, 0.717) is 10.2 Å². The van der Waals surface area contributed by atoms with Crippen molar-refractivity contribution in [3.8, 4) is 5.75 Å². The number of benzene rings is 1. The molecular formula is C11H13BrN2O6S. The summed E-state index contributed by atoms with van der Waals surface area (Å²) in [6.45, 7) is 0. The van der Waals surface area contributed by atoms with Crippen LogP contribution in [0.4, 0.5) is 0 Å². The van der Waals surface area contributed by atoms with Gasteiger partial charge in [-0.25, -0.2) is 8.42 Å². The first-order chi connectivity index (χ1) is 9.67. The van der Waals surface area contributed by atoms with E-state index < -0.39 is 34.4 Å². The summed E-state index contributed by atoms with van der Waals surface area (Å²) in [7, 11) is -2.71. The molecule has 4 N–H and O–H groups in total. The zero-order valence-corrected chi connectivity index (χ0v) is 13.3. The Hall–Kier alpha value is -1.65. The predicted octanol–water partition coefficient (Wildman–Crippen LogP) is 0.0646. The zero-order chi connectivity index (χ0) is 16.2. The third-order valence-electron chi connectivity index (χ3n) is 2.43. The summed E-state index contributed by atoms with van der Waals surface area (Å²) in [5, 5.41) is 8.91. The lowest BCUT2D eigenvalue weighted by Crippen LogP contribution is -2.43. The van der Waals surface area contributed by atoms with Crippen molar-refractivity contribution in [2.24, 2.45) is 5.73 Å². The minimum atomic E-state index is -4.12. The third-order valence-corrected chi connectivity index (χ3v) is 4.52. The monoisotopic (exact) mass is 380 g/mol. The van der Waals surface area contributed by atoms with Crippen LogP contribution in [0.1, 0.15) is 6.42 Å². The predicted molar refractivity (Wildman–Crippen MR) is 76.3 cm³/mol. The molecule has 1 amide bonds. The van der Waals surface area contributed by atoms with E-state index in [0.717, 1.165) is 0 Å². The van der Waals surface area contributed by atoms with Crippen LogP contribution in [-0.4, -0.2) is 38.6 Å². The Bertz CT molecular complexity index is 661. The number of sulfonamides is 1. The number of primary amides is 1. The molecule has 0 aromatic heterocycles. The second kappa shape index (κ2) is 6.87. The number of carboxylic acids is 1. The quantitative estimate of drug-likeness (QED) is 0.611. The van der Waals surface area contributed by atoms with Crippen molar-refractivity contribution < 1.29 is 27.9 Å². The molecule has 0 aliphatic rings. The summed E-state index contributed by atoms with van der Waals surface area (Å²) in [4.78, 5) is 21.5. The summed E-state index contributed by atoms with van der Waals surface area (Å²) in [6, 6.07) is 2.27. The highest BCUT2D eigenvalue weighted by atomic mass is 79.9. The second-order valence-corrected chi connectivity index (χ2v) is 6.55. The van der Waals surface area contributed by atoms with Gasteiger partial charge in [-0.15, -0.1) is 0 Å². The van der Waals surface area contributed by atoms with Crippen LogP contribution in [0, 0.1) is 0 Å². The van der Waals surface area contributed by atoms with Gasteiger partial charge in [0.15, 0.2) is 0 Å². The fraction of sp³-hybridized carbons (Fsp3) is 0.273. The normalized spacial score (nSPS) is 12.7. The van der Waals surface area contributed by atoms with Crippen LogP contribution in [0.15, 0.2) is 27.6 Å². The van der Waals surface area contributed by atoms with Gasteiger partial charge in [-0.1, -0.05) is 0 Å². The van der Waals surface area contributed by atoms with Gasteiger partial charge in [0.05, 0.1) is 22.9 Å². The molecule has 0 aliphatic carbocycles. The molecule has 21 heavy (non-hydrogen) atoms. The second-order valence-electron chi connectivity index (χ2n) is 3.98. The summed E-state index contributed by atoms with van der Waals surface area (Å²) in [5.74, 6) is -2.01. The van der Waals surface area contributed by atoms with Crippen LogP contribution in [0.2, 0.25) is 0 Å². The Balaban J connectivity index is 3.07. The van der Waals surface area contributed by atoms with Crippen molar-refractivity contribution in [3.05, 3.63) is 22.7 Å². The van der Waals surface area contributed by atoms with E-state index in [2.05, 4.69) is 15.9 Å². The van der Waals surface area contributed by atoms with Gasteiger partial charge >= 0.3 is 5.97 Å². The number of rotatable bonds is 7. The molecule has 1 atom stereocenters. The lowest BCUT2D eigenvalue weighted by molar-refractivity contribution is -0.140. The number of aliphatic carboxylic acids is 1. The number of nitrogens with one attached hydrogen (secondary N) is 1. The van der Waals surface area contributed by atoms with Gasteiger partial charge < -0.3 is 15.6 Å². The summed E-state index contributed by atoms with van der Waals surface area (Å²) in [5.41, 5.74) is 4.89. The molecule has 1 aromatic carbocycles. The highest BCUT2D eigenvalue weighted by Crippen LogP contribution is 2.27. The van der Waals surface area contributed by atoms with Crippen LogP contribution in [0.3, 0.4) is 0 Å². The topological polar surface area (TPSA) is 136 Å². The molecule has 1 rings (SSSR count). The average molecular weight is 381 g/mol. The van der Waals surface area contributed by atoms with E-state index in [9.17, 15) is 18.0 Å². The lowest BCUT2D eigenvalue weighted by Gasteiger charge is -2.14. The van der Waals surface area contributed by atoms with E-state index in [1.54, 1.807) is 0 Å². The van der Waals surface area contributed by atoms with Crippen LogP contribution < -0.4 is 15.2 Å². The molecule has 116 valence electrons. The summed E-state index contributed by atoms with van der Waals surface area (Å²) in [6.07, 6.45) is -0.647. The molecule has 1 aromatic rings. The molecule has 0 saturated carbocycles. The lowest BCUT2D eigenvalue weighted by atomic mass is 10.2. The van der Waals surface area contributed by atoms with Crippen LogP contribution in [0.5, 0.6) is 5.75 Å². The molecular weight excluding hydrogens is 368 g/mol. The maximum absolute atomic E-state index is 12.1. The average Bonchev–Trinajstić information content (AvgIpc) is 2.36. The van der Waals surface area contributed by atoms with Gasteiger partial charge in [-0.05, 0) is 34.1 Å². The first-order valence-electron chi connectivity index (χ1n) is 5.54. The fourth-order valence-corrected chi connectivity index (χ4v) is 3.36. The van der Waals surface area contributed by atoms with Gasteiger partial charge in [0, 0.05) is 0 Å². The van der Waals surface area contributed by atoms with Gasteiger partial charge in [-0.2, -0.15) is 4.72 Å². The van der Waals surface area contributed by atoms with Crippen LogP contribution in [-0.2, 0) is 19.6 Å². The number of hydrogen-bond acceptors (Lipinski definition) is 5. The molecule has 0 saturated heterocycles. The molecule has 0 heterocycles. The number of ether oxygens (including phenoxy) is 1. The van der Waals surface area contributed by atoms with E-state index in [1.165, 1.54) is 25.3 Å². The molecule has 0 aliphatic heterocycles. The van der Waals surface area contributed by atoms with Gasteiger partial charge in [0.1, 0.15) is 11.8 Å². The molecule has 0 bridgehead atoms. The number of methoxy groups -OCH3 is 1. The Morgan fingerprint density at radius 3 is 2.52 bits per heavy atom. The fourth-order valence-electron chi connectivity index (χ4n) is 1.45. The summed E-state index contributed by atoms with van der Waals surface area (Å²) < 4.78 is 31.5. The van der Waals surface area contributed by atoms with E-state index in [1.807, 2.05) is 4.72 Å². The number of carboxylic acid groups (broad SMARTS) is 1. The standard InChI is InChI=1S/C11H13BrN2O6S/c1-20-9-3-2-6(4-7(9)12)21(18,19)14-8(11(16)17)5-10(13)15/h2-4,8,14H,5H2,1H3,(H2,13,15)(H,16,17). The van der Waals surface area contributed by atoms with Gasteiger partial charge in [0.2, 0.25) is 15.9 Å². The number of nitrogens with two attached hydrogens (primary N) is 1. The maximum Gasteiger partial charge on any atom is 0.322 e. The molecule has 1 unspecified atom stereocenters. The van der Waals surface area contributed by atoms with Crippen molar-refractivity contribution in [1.82, 2.24) is 4.72 Å². The minimum Gasteiger partial charge on any atom is -0.496 e. The van der Waals surface area contributed by atoms with Crippen molar-refractivity contribution in [3.63, 3.8) is 0 Å². The number of carbonyl (C=O) groups is 2. The van der Waals surface area contributed by atoms with E-state index in [-0.39, 0.29) is 4.90 Å². The number of hydrogen-bond donors (Lipinski definition) is 3. The Kier molecular flexibility index (Phi) is 5.70. The van der Waals surface area contributed by atoms with Gasteiger partial charge in [-0.3, -0.25) is 9.59 Å². The largest absolute Gasteiger partial charge is 0.496 e. The van der Waals surface area contributed by atoms with E-state index >= 15 is 0 Å². The molecule has 0 spiro atoms. The summed E-state index contributed by atoms with van der Waals surface area (Å²) >= 11 is 3.13. The molecule has 8 nitrogen and oxygen atoms in total. The Morgan fingerprint density at radius 2 is 2.10 bits per heavy atom. The molecule has 0 radical (unpaired) electrons. The van der Waals surface area contributed by atoms with Crippen molar-refractivity contribution in [2.45, 2.75) is 17.4 Å². The van der Waals surface area contributed by atoms with Crippen molar-refractivity contribution in [1.29, 1.82) is 0 Å². The maximum atomic E-state index is 12.1. The first-order valence-corrected chi connectivity index (χ1v) is 7.82. The SMILES string of the molecule is COc1ccc(S(=O)(=O)NC(CC(N)=O)C(=O)O)cc1Br. The van der Waals surface area contributed by atoms with E-state index in [4.69, 9.17) is 15.6 Å². The minimum absolute atomic E-state index is 0.175. The first kappa shape index (κ1) is 17.4. The highest BCUT2D eigenvalue weighted by molar-refractivity contribution is 9.10. The Labute approximate surface area is 129 Å². The number of halogens is 1. The smallest absolute Gasteiger partial charge is 0.322 e.